The number of hydrogen-bond donors (Lipinski definition) is 2. The van der Waals surface area contributed by atoms with E-state index in [1.165, 1.54) is 13.2 Å². The first-order valence-corrected chi connectivity index (χ1v) is 4.74. The van der Waals surface area contributed by atoms with Gasteiger partial charge >= 0.3 is 5.97 Å². The van der Waals surface area contributed by atoms with Gasteiger partial charge in [-0.1, -0.05) is 11.8 Å². The normalized spacial score (nSPS) is 9.12. The van der Waals surface area contributed by atoms with Crippen molar-refractivity contribution in [1.29, 1.82) is 0 Å². The number of benzene rings is 1. The van der Waals surface area contributed by atoms with Gasteiger partial charge in [-0.05, 0) is 25.2 Å². The topological polar surface area (TPSA) is 58.6 Å². The largest absolute Gasteiger partial charge is 0.497 e. The third kappa shape index (κ3) is 3.01. The van der Waals surface area contributed by atoms with Gasteiger partial charge in [-0.2, -0.15) is 0 Å². The number of carboxylic acid groups (broad SMARTS) is 1. The summed E-state index contributed by atoms with van der Waals surface area (Å²) >= 11 is 0. The molecule has 0 aromatic heterocycles. The molecule has 4 heteroatoms. The maximum atomic E-state index is 11.0. The van der Waals surface area contributed by atoms with Crippen LogP contribution in [0.5, 0.6) is 5.75 Å². The van der Waals surface area contributed by atoms with Gasteiger partial charge in [-0.15, -0.1) is 0 Å². The lowest BCUT2D eigenvalue weighted by Crippen LogP contribution is -2.05. The van der Waals surface area contributed by atoms with Crippen LogP contribution < -0.4 is 10.1 Å². The predicted octanol–water partition coefficient (Wildman–Crippen LogP) is 0.964. The van der Waals surface area contributed by atoms with E-state index in [-0.39, 0.29) is 5.56 Å². The summed E-state index contributed by atoms with van der Waals surface area (Å²) < 4.78 is 4.96. The van der Waals surface area contributed by atoms with Crippen molar-refractivity contribution >= 4 is 5.97 Å². The van der Waals surface area contributed by atoms with Crippen LogP contribution in [-0.2, 0) is 0 Å². The molecule has 0 aliphatic carbocycles. The maximum absolute atomic E-state index is 11.0. The lowest BCUT2D eigenvalue weighted by molar-refractivity contribution is 0.0696. The summed E-state index contributed by atoms with van der Waals surface area (Å²) in [5, 5.41) is 11.9. The van der Waals surface area contributed by atoms with Gasteiger partial charge in [0.1, 0.15) is 5.75 Å². The number of methoxy groups -OCH3 is 1. The Bertz CT molecular complexity index is 443. The zero-order valence-corrected chi connectivity index (χ0v) is 9.20. The molecule has 0 bridgehead atoms. The summed E-state index contributed by atoms with van der Waals surface area (Å²) in [4.78, 5) is 11.0. The van der Waals surface area contributed by atoms with Crippen LogP contribution in [0.3, 0.4) is 0 Å². The van der Waals surface area contributed by atoms with Gasteiger partial charge in [-0.3, -0.25) is 0 Å². The van der Waals surface area contributed by atoms with E-state index in [0.717, 1.165) is 0 Å². The first-order chi connectivity index (χ1) is 7.69. The molecule has 1 rings (SSSR count). The third-order valence-corrected chi connectivity index (χ3v) is 1.95. The highest BCUT2D eigenvalue weighted by atomic mass is 16.5. The average Bonchev–Trinajstić information content (AvgIpc) is 2.29. The molecule has 4 nitrogen and oxygen atoms in total. The fourth-order valence-electron chi connectivity index (χ4n) is 1.16. The van der Waals surface area contributed by atoms with Gasteiger partial charge in [0.15, 0.2) is 0 Å². The molecule has 0 radical (unpaired) electrons. The van der Waals surface area contributed by atoms with Crippen LogP contribution in [0.4, 0.5) is 0 Å². The number of nitrogens with one attached hydrogen (secondary N) is 1. The highest BCUT2D eigenvalue weighted by Crippen LogP contribution is 2.16. The highest BCUT2D eigenvalue weighted by molar-refractivity contribution is 5.91. The second-order valence-electron chi connectivity index (χ2n) is 3.05. The summed E-state index contributed by atoms with van der Waals surface area (Å²) in [6.07, 6.45) is 0. The Morgan fingerprint density at radius 3 is 2.88 bits per heavy atom. The third-order valence-electron chi connectivity index (χ3n) is 1.95. The second-order valence-corrected chi connectivity index (χ2v) is 3.05. The van der Waals surface area contributed by atoms with Crippen molar-refractivity contribution in [2.75, 3.05) is 20.7 Å². The molecule has 0 atom stereocenters. The lowest BCUT2D eigenvalue weighted by Gasteiger charge is -2.03. The van der Waals surface area contributed by atoms with Crippen molar-refractivity contribution in [2.45, 2.75) is 0 Å². The molecule has 0 aliphatic heterocycles. The van der Waals surface area contributed by atoms with E-state index in [4.69, 9.17) is 9.84 Å². The minimum Gasteiger partial charge on any atom is -0.497 e. The Kier molecular flexibility index (Phi) is 4.37. The van der Waals surface area contributed by atoms with Crippen molar-refractivity contribution in [3.05, 3.63) is 29.3 Å². The van der Waals surface area contributed by atoms with Crippen LogP contribution in [0.15, 0.2) is 18.2 Å². The molecule has 0 aliphatic rings. The molecule has 0 spiro atoms. The number of carboxylic acids is 1. The quantitative estimate of drug-likeness (QED) is 0.743. The molecule has 0 saturated carbocycles. The Hall–Kier alpha value is -1.99. The van der Waals surface area contributed by atoms with Crippen LogP contribution in [-0.4, -0.2) is 31.8 Å². The number of carbonyl (C=O) groups is 1. The lowest BCUT2D eigenvalue weighted by atomic mass is 10.1. The molecule has 0 heterocycles. The van der Waals surface area contributed by atoms with Crippen LogP contribution in [0, 0.1) is 11.8 Å². The number of hydrogen-bond acceptors (Lipinski definition) is 3. The van der Waals surface area contributed by atoms with Gasteiger partial charge < -0.3 is 15.2 Å². The molecular formula is C12H13NO3. The van der Waals surface area contributed by atoms with E-state index in [1.807, 2.05) is 0 Å². The second kappa shape index (κ2) is 5.79. The van der Waals surface area contributed by atoms with E-state index in [0.29, 0.717) is 17.9 Å². The summed E-state index contributed by atoms with van der Waals surface area (Å²) in [6, 6.07) is 4.80. The minimum atomic E-state index is -1.01. The first kappa shape index (κ1) is 12.1. The van der Waals surface area contributed by atoms with E-state index >= 15 is 0 Å². The Labute approximate surface area is 94.2 Å². The molecule has 0 unspecified atom stereocenters. The number of ether oxygens (including phenoxy) is 1. The Balaban J connectivity index is 3.09. The molecule has 0 saturated heterocycles. The predicted molar refractivity (Wildman–Crippen MR) is 60.8 cm³/mol. The zero-order chi connectivity index (χ0) is 12.0. The van der Waals surface area contributed by atoms with Crippen molar-refractivity contribution < 1.29 is 14.6 Å². The molecule has 0 fully saturated rings. The highest BCUT2D eigenvalue weighted by Gasteiger charge is 2.09. The van der Waals surface area contributed by atoms with Crippen LogP contribution in [0.1, 0.15) is 15.9 Å². The number of rotatable bonds is 3. The van der Waals surface area contributed by atoms with Crippen LogP contribution in [0.25, 0.3) is 0 Å². The molecule has 1 aromatic carbocycles. The van der Waals surface area contributed by atoms with Gasteiger partial charge in [0.25, 0.3) is 0 Å². The standard InChI is InChI=1S/C12H13NO3/c1-13-7-3-4-9-5-6-10(16-2)8-11(9)12(14)15/h5-6,8,13H,7H2,1-2H3,(H,14,15). The van der Waals surface area contributed by atoms with Crippen LogP contribution in [0.2, 0.25) is 0 Å². The molecule has 84 valence electrons. The summed E-state index contributed by atoms with van der Waals surface area (Å²) in [7, 11) is 3.27. The average molecular weight is 219 g/mol. The van der Waals surface area contributed by atoms with Gasteiger partial charge in [-0.25, -0.2) is 4.79 Å². The van der Waals surface area contributed by atoms with Crippen molar-refractivity contribution in [3.63, 3.8) is 0 Å². The fourth-order valence-corrected chi connectivity index (χ4v) is 1.16. The molecule has 1 aromatic rings. The summed E-state index contributed by atoms with van der Waals surface area (Å²) in [6.45, 7) is 0.519. The minimum absolute atomic E-state index is 0.156. The Morgan fingerprint density at radius 2 is 2.31 bits per heavy atom. The van der Waals surface area contributed by atoms with Gasteiger partial charge in [0.2, 0.25) is 0 Å². The van der Waals surface area contributed by atoms with Crippen LogP contribution >= 0.6 is 0 Å². The molecule has 16 heavy (non-hydrogen) atoms. The smallest absolute Gasteiger partial charge is 0.337 e. The van der Waals surface area contributed by atoms with Crippen molar-refractivity contribution in [3.8, 4) is 17.6 Å². The van der Waals surface area contributed by atoms with E-state index in [2.05, 4.69) is 17.2 Å². The van der Waals surface area contributed by atoms with E-state index in [1.54, 1.807) is 19.2 Å². The first-order valence-electron chi connectivity index (χ1n) is 4.74. The van der Waals surface area contributed by atoms with Crippen molar-refractivity contribution in [2.24, 2.45) is 0 Å². The summed E-state index contributed by atoms with van der Waals surface area (Å²) in [5.74, 6) is 5.12. The van der Waals surface area contributed by atoms with E-state index < -0.39 is 5.97 Å². The maximum Gasteiger partial charge on any atom is 0.337 e. The summed E-state index contributed by atoms with van der Waals surface area (Å²) in [5.41, 5.74) is 0.645. The fraction of sp³-hybridized carbons (Fsp3) is 0.250. The SMILES string of the molecule is CNCC#Cc1ccc(OC)cc1C(=O)O. The van der Waals surface area contributed by atoms with Crippen molar-refractivity contribution in [1.82, 2.24) is 5.32 Å². The Morgan fingerprint density at radius 1 is 1.56 bits per heavy atom. The van der Waals surface area contributed by atoms with E-state index in [9.17, 15) is 4.79 Å². The zero-order valence-electron chi connectivity index (χ0n) is 9.20. The molecule has 2 N–H and O–H groups in total. The van der Waals surface area contributed by atoms with Gasteiger partial charge in [0, 0.05) is 5.56 Å². The number of aromatic carboxylic acids is 1. The molecular weight excluding hydrogens is 206 g/mol. The van der Waals surface area contributed by atoms with Gasteiger partial charge in [0.05, 0.1) is 19.2 Å². The molecule has 0 amide bonds. The monoisotopic (exact) mass is 219 g/mol.